The molecule has 0 radical (unpaired) electrons. The summed E-state index contributed by atoms with van der Waals surface area (Å²) < 4.78 is 12.6. The molecule has 0 bridgehead atoms. The minimum absolute atomic E-state index is 0.0379. The highest BCUT2D eigenvalue weighted by Gasteiger charge is 2.28. The SMILES string of the molecule is O=[N+]([O-])c1cc2c(cc1-c1nc3ccccn3c1Nc1ccccc1)OCO2. The molecule has 3 heterocycles. The first-order valence-electron chi connectivity index (χ1n) is 8.58. The smallest absolute Gasteiger partial charge is 0.282 e. The Morgan fingerprint density at radius 1 is 1.04 bits per heavy atom. The minimum Gasteiger partial charge on any atom is -0.454 e. The van der Waals surface area contributed by atoms with Crippen LogP contribution in [0.3, 0.4) is 0 Å². The zero-order valence-corrected chi connectivity index (χ0v) is 14.5. The fourth-order valence-electron chi connectivity index (χ4n) is 3.23. The van der Waals surface area contributed by atoms with E-state index < -0.39 is 4.92 Å². The lowest BCUT2D eigenvalue weighted by molar-refractivity contribution is -0.384. The van der Waals surface area contributed by atoms with E-state index in [0.717, 1.165) is 5.69 Å². The molecule has 2 aromatic carbocycles. The molecule has 8 heteroatoms. The molecule has 2 aromatic heterocycles. The van der Waals surface area contributed by atoms with Gasteiger partial charge in [0, 0.05) is 18.0 Å². The number of anilines is 2. The summed E-state index contributed by atoms with van der Waals surface area (Å²) in [6.07, 6.45) is 1.86. The summed E-state index contributed by atoms with van der Waals surface area (Å²) >= 11 is 0. The van der Waals surface area contributed by atoms with Gasteiger partial charge in [-0.1, -0.05) is 24.3 Å². The summed E-state index contributed by atoms with van der Waals surface area (Å²) in [5.74, 6) is 1.45. The molecule has 28 heavy (non-hydrogen) atoms. The molecule has 4 aromatic rings. The highest BCUT2D eigenvalue weighted by Crippen LogP contribution is 2.44. The standard InChI is InChI=1S/C20H14N4O4/c25-24(26)15-11-17-16(27-12-28-17)10-14(15)19-20(21-13-6-2-1-3-7-13)23-9-5-4-8-18(23)22-19/h1-11,21H,12H2. The topological polar surface area (TPSA) is 90.9 Å². The van der Waals surface area contributed by atoms with E-state index in [1.54, 1.807) is 6.07 Å². The van der Waals surface area contributed by atoms with Gasteiger partial charge in [0.25, 0.3) is 5.69 Å². The average Bonchev–Trinajstić information content (AvgIpc) is 3.32. The molecule has 0 saturated carbocycles. The molecule has 1 aliphatic rings. The number of rotatable bonds is 4. The first kappa shape index (κ1) is 16.1. The summed E-state index contributed by atoms with van der Waals surface area (Å²) in [5, 5.41) is 15.1. The summed E-state index contributed by atoms with van der Waals surface area (Å²) in [4.78, 5) is 15.9. The van der Waals surface area contributed by atoms with E-state index >= 15 is 0 Å². The third-order valence-electron chi connectivity index (χ3n) is 4.51. The molecular formula is C20H14N4O4. The molecule has 0 saturated heterocycles. The van der Waals surface area contributed by atoms with E-state index in [0.29, 0.717) is 34.2 Å². The second-order valence-electron chi connectivity index (χ2n) is 6.21. The van der Waals surface area contributed by atoms with E-state index in [1.807, 2.05) is 59.1 Å². The van der Waals surface area contributed by atoms with Gasteiger partial charge in [0.1, 0.15) is 17.2 Å². The van der Waals surface area contributed by atoms with Crippen molar-refractivity contribution >= 4 is 22.8 Å². The van der Waals surface area contributed by atoms with Crippen molar-refractivity contribution in [2.45, 2.75) is 0 Å². The lowest BCUT2D eigenvalue weighted by Crippen LogP contribution is -1.98. The van der Waals surface area contributed by atoms with Gasteiger partial charge in [-0.25, -0.2) is 4.98 Å². The number of nitrogens with zero attached hydrogens (tertiary/aromatic N) is 3. The summed E-state index contributed by atoms with van der Waals surface area (Å²) in [7, 11) is 0. The van der Waals surface area contributed by atoms with Crippen molar-refractivity contribution in [3.8, 4) is 22.8 Å². The van der Waals surface area contributed by atoms with Gasteiger partial charge in [0.15, 0.2) is 11.5 Å². The van der Waals surface area contributed by atoms with Gasteiger partial charge in [-0.15, -0.1) is 0 Å². The van der Waals surface area contributed by atoms with Gasteiger partial charge < -0.3 is 14.8 Å². The summed E-state index contributed by atoms with van der Waals surface area (Å²) in [6.45, 7) is 0.0379. The fraction of sp³-hybridized carbons (Fsp3) is 0.0500. The Labute approximate surface area is 159 Å². The Bertz CT molecular complexity index is 1200. The Kier molecular flexibility index (Phi) is 3.61. The number of hydrogen-bond acceptors (Lipinski definition) is 6. The van der Waals surface area contributed by atoms with E-state index in [4.69, 9.17) is 9.47 Å². The summed E-state index contributed by atoms with van der Waals surface area (Å²) in [6, 6.07) is 18.2. The maximum absolute atomic E-state index is 11.7. The lowest BCUT2D eigenvalue weighted by Gasteiger charge is -2.09. The van der Waals surface area contributed by atoms with E-state index in [2.05, 4.69) is 10.3 Å². The Balaban J connectivity index is 1.76. The molecule has 8 nitrogen and oxygen atoms in total. The van der Waals surface area contributed by atoms with E-state index in [1.165, 1.54) is 6.07 Å². The van der Waals surface area contributed by atoms with E-state index in [9.17, 15) is 10.1 Å². The molecule has 138 valence electrons. The number of nitro groups is 1. The maximum Gasteiger partial charge on any atom is 0.282 e. The van der Waals surface area contributed by atoms with Crippen molar-refractivity contribution in [3.05, 3.63) is 77.0 Å². The highest BCUT2D eigenvalue weighted by molar-refractivity contribution is 5.86. The molecule has 5 rings (SSSR count). The van der Waals surface area contributed by atoms with Gasteiger partial charge in [0.2, 0.25) is 6.79 Å². The van der Waals surface area contributed by atoms with Crippen LogP contribution in [0.15, 0.2) is 66.9 Å². The van der Waals surface area contributed by atoms with Crippen molar-refractivity contribution in [2.75, 3.05) is 12.1 Å². The molecule has 0 fully saturated rings. The van der Waals surface area contributed by atoms with Crippen LogP contribution in [-0.2, 0) is 0 Å². The second-order valence-corrected chi connectivity index (χ2v) is 6.21. The first-order chi connectivity index (χ1) is 13.7. The van der Waals surface area contributed by atoms with Crippen LogP contribution in [0.2, 0.25) is 0 Å². The van der Waals surface area contributed by atoms with Gasteiger partial charge in [0.05, 0.1) is 16.6 Å². The number of hydrogen-bond donors (Lipinski definition) is 1. The second kappa shape index (κ2) is 6.27. The monoisotopic (exact) mass is 374 g/mol. The van der Waals surface area contributed by atoms with Crippen LogP contribution in [0.5, 0.6) is 11.5 Å². The molecule has 1 aliphatic heterocycles. The average molecular weight is 374 g/mol. The Hall–Kier alpha value is -4.07. The third kappa shape index (κ3) is 2.59. The van der Waals surface area contributed by atoms with Crippen LogP contribution in [0.4, 0.5) is 17.2 Å². The van der Waals surface area contributed by atoms with Crippen LogP contribution in [0, 0.1) is 10.1 Å². The Morgan fingerprint density at radius 2 is 1.79 bits per heavy atom. The fourth-order valence-corrected chi connectivity index (χ4v) is 3.23. The van der Waals surface area contributed by atoms with Crippen molar-refractivity contribution < 1.29 is 14.4 Å². The van der Waals surface area contributed by atoms with Crippen molar-refractivity contribution in [1.29, 1.82) is 0 Å². The highest BCUT2D eigenvalue weighted by atomic mass is 16.7. The van der Waals surface area contributed by atoms with Crippen molar-refractivity contribution in [2.24, 2.45) is 0 Å². The largest absolute Gasteiger partial charge is 0.454 e. The molecule has 0 unspecified atom stereocenters. The molecule has 1 N–H and O–H groups in total. The van der Waals surface area contributed by atoms with Crippen LogP contribution >= 0.6 is 0 Å². The molecule has 0 amide bonds. The lowest BCUT2D eigenvalue weighted by atomic mass is 10.1. The molecule has 0 aliphatic carbocycles. The van der Waals surface area contributed by atoms with Gasteiger partial charge in [-0.2, -0.15) is 0 Å². The van der Waals surface area contributed by atoms with E-state index in [-0.39, 0.29) is 12.5 Å². The zero-order chi connectivity index (χ0) is 19.1. The number of imidazole rings is 1. The van der Waals surface area contributed by atoms with Crippen molar-refractivity contribution in [3.63, 3.8) is 0 Å². The molecule has 0 spiro atoms. The third-order valence-corrected chi connectivity index (χ3v) is 4.51. The minimum atomic E-state index is -0.437. The maximum atomic E-state index is 11.7. The number of nitro benzene ring substituents is 1. The number of aromatic nitrogens is 2. The van der Waals surface area contributed by atoms with Crippen LogP contribution in [0.1, 0.15) is 0 Å². The zero-order valence-electron chi connectivity index (χ0n) is 14.5. The molecular weight excluding hydrogens is 360 g/mol. The summed E-state index contributed by atoms with van der Waals surface area (Å²) in [5.41, 5.74) is 2.24. The van der Waals surface area contributed by atoms with Gasteiger partial charge in [-0.05, 0) is 24.3 Å². The Morgan fingerprint density at radius 3 is 2.57 bits per heavy atom. The van der Waals surface area contributed by atoms with Gasteiger partial charge in [-0.3, -0.25) is 14.5 Å². The number of nitrogens with one attached hydrogen (secondary N) is 1. The number of pyridine rings is 1. The number of benzene rings is 2. The quantitative estimate of drug-likeness (QED) is 0.421. The van der Waals surface area contributed by atoms with Crippen molar-refractivity contribution in [1.82, 2.24) is 9.38 Å². The predicted octanol–water partition coefficient (Wildman–Crippen LogP) is 4.38. The molecule has 0 atom stereocenters. The normalized spacial score (nSPS) is 12.3. The first-order valence-corrected chi connectivity index (χ1v) is 8.58. The number of para-hydroxylation sites is 1. The van der Waals surface area contributed by atoms with Gasteiger partial charge >= 0.3 is 0 Å². The number of ether oxygens (including phenoxy) is 2. The number of fused-ring (bicyclic) bond motifs is 2. The van der Waals surface area contributed by atoms with Crippen LogP contribution in [-0.4, -0.2) is 21.1 Å². The van der Waals surface area contributed by atoms with Crippen LogP contribution < -0.4 is 14.8 Å². The van der Waals surface area contributed by atoms with Crippen LogP contribution in [0.25, 0.3) is 16.9 Å². The predicted molar refractivity (Wildman–Crippen MR) is 103 cm³/mol.